The lowest BCUT2D eigenvalue weighted by Crippen LogP contribution is -2.11. The number of para-hydroxylation sites is 2. The summed E-state index contributed by atoms with van der Waals surface area (Å²) in [5.74, 6) is 0. The lowest BCUT2D eigenvalue weighted by molar-refractivity contribution is 0.669. The molecule has 1 aromatic heterocycles. The summed E-state index contributed by atoms with van der Waals surface area (Å²) in [5.41, 5.74) is 9.78. The lowest BCUT2D eigenvalue weighted by Gasteiger charge is -2.28. The molecule has 54 heavy (non-hydrogen) atoms. The molecule has 2 nitrogen and oxygen atoms in total. The Bertz CT molecular complexity index is 3210. The SMILES string of the molecule is c1ccc(-c2c(-c3ccc(N(c4cc5ccccc5c5ccccc45)c4cccc5c4oc4ccccc45)cc3)c3ccccc3c3ccccc23)cc1. The van der Waals surface area contributed by atoms with Gasteiger partial charge in [-0.2, -0.15) is 0 Å². The van der Waals surface area contributed by atoms with Gasteiger partial charge in [-0.05, 0) is 90.3 Å². The Morgan fingerprint density at radius 3 is 1.50 bits per heavy atom. The number of hydrogen-bond donors (Lipinski definition) is 0. The van der Waals surface area contributed by atoms with Crippen molar-refractivity contribution in [3.63, 3.8) is 0 Å². The van der Waals surface area contributed by atoms with Crippen LogP contribution in [-0.4, -0.2) is 0 Å². The molecule has 0 aliphatic carbocycles. The Kier molecular flexibility index (Phi) is 6.90. The van der Waals surface area contributed by atoms with Crippen LogP contribution in [0.3, 0.4) is 0 Å². The molecular formula is C52H33NO. The summed E-state index contributed by atoms with van der Waals surface area (Å²) in [6.45, 7) is 0. The van der Waals surface area contributed by atoms with E-state index >= 15 is 0 Å². The Hall–Kier alpha value is -7.16. The number of hydrogen-bond acceptors (Lipinski definition) is 2. The zero-order valence-electron chi connectivity index (χ0n) is 29.4. The van der Waals surface area contributed by atoms with Crippen LogP contribution in [0.2, 0.25) is 0 Å². The third-order valence-electron chi connectivity index (χ3n) is 11.0. The maximum Gasteiger partial charge on any atom is 0.159 e. The predicted octanol–water partition coefficient (Wildman–Crippen LogP) is 15.0. The van der Waals surface area contributed by atoms with Gasteiger partial charge >= 0.3 is 0 Å². The molecule has 11 rings (SSSR count). The first-order chi connectivity index (χ1) is 26.8. The summed E-state index contributed by atoms with van der Waals surface area (Å²) >= 11 is 0. The highest BCUT2D eigenvalue weighted by Crippen LogP contribution is 2.48. The van der Waals surface area contributed by atoms with Crippen LogP contribution in [0.15, 0.2) is 205 Å². The minimum Gasteiger partial charge on any atom is -0.454 e. The number of fused-ring (bicyclic) bond motifs is 9. The van der Waals surface area contributed by atoms with Gasteiger partial charge in [-0.3, -0.25) is 0 Å². The maximum absolute atomic E-state index is 6.71. The van der Waals surface area contributed by atoms with Crippen molar-refractivity contribution in [2.75, 3.05) is 4.90 Å². The van der Waals surface area contributed by atoms with E-state index in [-0.39, 0.29) is 0 Å². The Labute approximate surface area is 312 Å². The molecule has 0 saturated heterocycles. The van der Waals surface area contributed by atoms with E-state index in [4.69, 9.17) is 4.42 Å². The molecule has 0 unspecified atom stereocenters. The second-order valence-electron chi connectivity index (χ2n) is 14.0. The largest absolute Gasteiger partial charge is 0.454 e. The monoisotopic (exact) mass is 687 g/mol. The van der Waals surface area contributed by atoms with Crippen LogP contribution in [-0.2, 0) is 0 Å². The van der Waals surface area contributed by atoms with Gasteiger partial charge in [0, 0.05) is 21.8 Å². The van der Waals surface area contributed by atoms with Gasteiger partial charge in [0.2, 0.25) is 0 Å². The fraction of sp³-hybridized carbons (Fsp3) is 0. The van der Waals surface area contributed by atoms with Gasteiger partial charge < -0.3 is 9.32 Å². The summed E-state index contributed by atoms with van der Waals surface area (Å²) < 4.78 is 6.71. The summed E-state index contributed by atoms with van der Waals surface area (Å²) in [6.07, 6.45) is 0. The van der Waals surface area contributed by atoms with Gasteiger partial charge in [0.15, 0.2) is 5.58 Å². The van der Waals surface area contributed by atoms with Crippen molar-refractivity contribution < 1.29 is 4.42 Å². The smallest absolute Gasteiger partial charge is 0.159 e. The molecule has 0 radical (unpaired) electrons. The van der Waals surface area contributed by atoms with Crippen molar-refractivity contribution in [3.05, 3.63) is 200 Å². The van der Waals surface area contributed by atoms with Gasteiger partial charge in [-0.15, -0.1) is 0 Å². The van der Waals surface area contributed by atoms with E-state index in [1.165, 1.54) is 65.3 Å². The van der Waals surface area contributed by atoms with Crippen molar-refractivity contribution in [1.82, 2.24) is 0 Å². The third kappa shape index (κ3) is 4.67. The van der Waals surface area contributed by atoms with Gasteiger partial charge in [0.25, 0.3) is 0 Å². The first-order valence-corrected chi connectivity index (χ1v) is 18.5. The van der Waals surface area contributed by atoms with Crippen LogP contribution < -0.4 is 4.90 Å². The molecule has 0 saturated carbocycles. The molecule has 1 heterocycles. The molecule has 0 fully saturated rings. The standard InChI is InChI=1S/C52H33NO/c1-2-15-34(16-3-1)50-44-24-10-7-20-40(44)41-21-8-11-25-45(41)51(50)35-29-31-37(32-30-35)53(47-27-14-26-46-43-23-12-13-28-49(43)54-52(46)47)48-33-36-17-4-5-18-38(36)39-19-6-9-22-42(39)48/h1-33H. The Morgan fingerprint density at radius 1 is 0.315 bits per heavy atom. The van der Waals surface area contributed by atoms with Crippen molar-refractivity contribution in [3.8, 4) is 22.3 Å². The molecule has 0 bridgehead atoms. The highest BCUT2D eigenvalue weighted by molar-refractivity contribution is 6.22. The predicted molar refractivity (Wildman–Crippen MR) is 229 cm³/mol. The van der Waals surface area contributed by atoms with E-state index in [1.54, 1.807) is 0 Å². The molecular weight excluding hydrogens is 655 g/mol. The number of nitrogens with zero attached hydrogens (tertiary/aromatic N) is 1. The van der Waals surface area contributed by atoms with Crippen LogP contribution in [0.4, 0.5) is 17.1 Å². The Morgan fingerprint density at radius 2 is 0.815 bits per heavy atom. The summed E-state index contributed by atoms with van der Waals surface area (Å²) in [7, 11) is 0. The Balaban J connectivity index is 1.19. The molecule has 10 aromatic carbocycles. The summed E-state index contributed by atoms with van der Waals surface area (Å²) in [5, 5.41) is 12.1. The highest BCUT2D eigenvalue weighted by atomic mass is 16.3. The number of furan rings is 1. The molecule has 0 aliphatic heterocycles. The average molecular weight is 688 g/mol. The topological polar surface area (TPSA) is 16.4 Å². The zero-order valence-corrected chi connectivity index (χ0v) is 29.4. The van der Waals surface area contributed by atoms with Crippen molar-refractivity contribution >= 4 is 82.1 Å². The van der Waals surface area contributed by atoms with Crippen molar-refractivity contribution in [1.29, 1.82) is 0 Å². The van der Waals surface area contributed by atoms with Crippen LogP contribution in [0.25, 0.3) is 87.3 Å². The second kappa shape index (κ2) is 12.2. The van der Waals surface area contributed by atoms with E-state index in [2.05, 4.69) is 199 Å². The lowest BCUT2D eigenvalue weighted by atomic mass is 9.85. The van der Waals surface area contributed by atoms with Crippen LogP contribution in [0.1, 0.15) is 0 Å². The minimum atomic E-state index is 0.868. The zero-order chi connectivity index (χ0) is 35.6. The molecule has 0 aliphatic rings. The van der Waals surface area contributed by atoms with Crippen LogP contribution in [0.5, 0.6) is 0 Å². The molecule has 0 amide bonds. The van der Waals surface area contributed by atoms with E-state index < -0.39 is 0 Å². The van der Waals surface area contributed by atoms with Gasteiger partial charge in [-0.25, -0.2) is 0 Å². The summed E-state index contributed by atoms with van der Waals surface area (Å²) in [4.78, 5) is 2.39. The fourth-order valence-electron chi connectivity index (χ4n) is 8.66. The highest BCUT2D eigenvalue weighted by Gasteiger charge is 2.23. The molecule has 11 aromatic rings. The van der Waals surface area contributed by atoms with E-state index in [0.29, 0.717) is 0 Å². The molecule has 0 N–H and O–H groups in total. The van der Waals surface area contributed by atoms with Gasteiger partial charge in [-0.1, -0.05) is 170 Å². The molecule has 0 atom stereocenters. The van der Waals surface area contributed by atoms with E-state index in [1.807, 2.05) is 6.07 Å². The number of benzene rings is 10. The van der Waals surface area contributed by atoms with E-state index in [9.17, 15) is 0 Å². The van der Waals surface area contributed by atoms with Crippen molar-refractivity contribution in [2.24, 2.45) is 0 Å². The third-order valence-corrected chi connectivity index (χ3v) is 11.0. The first-order valence-electron chi connectivity index (χ1n) is 18.5. The first kappa shape index (κ1) is 30.5. The van der Waals surface area contributed by atoms with Gasteiger partial charge in [0.1, 0.15) is 5.58 Å². The van der Waals surface area contributed by atoms with E-state index in [0.717, 1.165) is 39.0 Å². The number of anilines is 3. The maximum atomic E-state index is 6.71. The normalized spacial score (nSPS) is 11.7. The summed E-state index contributed by atoms with van der Waals surface area (Å²) in [6, 6.07) is 72.2. The molecule has 0 spiro atoms. The minimum absolute atomic E-state index is 0.868. The number of rotatable bonds is 5. The molecule has 252 valence electrons. The second-order valence-corrected chi connectivity index (χ2v) is 14.0. The van der Waals surface area contributed by atoms with Gasteiger partial charge in [0.05, 0.1) is 11.4 Å². The van der Waals surface area contributed by atoms with Crippen molar-refractivity contribution in [2.45, 2.75) is 0 Å². The fourth-order valence-corrected chi connectivity index (χ4v) is 8.66. The quantitative estimate of drug-likeness (QED) is 0.168. The van der Waals surface area contributed by atoms with Crippen LogP contribution in [0, 0.1) is 0 Å². The molecule has 2 heteroatoms. The van der Waals surface area contributed by atoms with Crippen LogP contribution >= 0.6 is 0 Å². The average Bonchev–Trinajstić information content (AvgIpc) is 3.63.